The maximum atomic E-state index is 5.50. The van der Waals surface area contributed by atoms with Crippen LogP contribution in [0.3, 0.4) is 0 Å². The molecule has 0 saturated heterocycles. The highest BCUT2D eigenvalue weighted by molar-refractivity contribution is 7.98. The predicted molar refractivity (Wildman–Crippen MR) is 102 cm³/mol. The van der Waals surface area contributed by atoms with Crippen LogP contribution in [0.15, 0.2) is 53.8 Å². The van der Waals surface area contributed by atoms with Crippen molar-refractivity contribution in [3.05, 3.63) is 54.4 Å². The smallest absolute Gasteiger partial charge is 0.191 e. The molecular formula is C19H22N4O2S. The van der Waals surface area contributed by atoms with E-state index in [1.807, 2.05) is 42.5 Å². The van der Waals surface area contributed by atoms with E-state index in [9.17, 15) is 0 Å². The van der Waals surface area contributed by atoms with Crippen LogP contribution >= 0.6 is 11.8 Å². The van der Waals surface area contributed by atoms with E-state index in [-0.39, 0.29) is 0 Å². The molecule has 0 aliphatic carbocycles. The van der Waals surface area contributed by atoms with Gasteiger partial charge in [0.05, 0.1) is 18.4 Å². The molecule has 1 aromatic carbocycles. The van der Waals surface area contributed by atoms with E-state index < -0.39 is 0 Å². The predicted octanol–water partition coefficient (Wildman–Crippen LogP) is 3.68. The average Bonchev–Trinajstić information content (AvgIpc) is 3.10. The summed E-state index contributed by atoms with van der Waals surface area (Å²) in [5.74, 6) is 2.34. The van der Waals surface area contributed by atoms with Crippen molar-refractivity contribution in [1.82, 2.24) is 19.7 Å². The number of pyridine rings is 1. The zero-order chi connectivity index (χ0) is 18.2. The lowest BCUT2D eigenvalue weighted by Crippen LogP contribution is -2.06. The van der Waals surface area contributed by atoms with Gasteiger partial charge in [-0.1, -0.05) is 30.0 Å². The molecule has 0 atom stereocenters. The molecule has 26 heavy (non-hydrogen) atoms. The van der Waals surface area contributed by atoms with Crippen molar-refractivity contribution in [1.29, 1.82) is 0 Å². The number of methoxy groups -OCH3 is 2. The second-order valence-electron chi connectivity index (χ2n) is 5.61. The van der Waals surface area contributed by atoms with E-state index >= 15 is 0 Å². The second-order valence-corrected chi connectivity index (χ2v) is 6.56. The molecule has 6 nitrogen and oxygen atoms in total. The minimum absolute atomic E-state index is 0.688. The zero-order valence-electron chi connectivity index (χ0n) is 15.0. The Labute approximate surface area is 157 Å². The molecule has 0 N–H and O–H groups in total. The van der Waals surface area contributed by atoms with Gasteiger partial charge < -0.3 is 14.0 Å². The molecule has 136 valence electrons. The van der Waals surface area contributed by atoms with Gasteiger partial charge in [-0.3, -0.25) is 4.98 Å². The Bertz CT molecular complexity index is 823. The Hall–Kier alpha value is -2.38. The van der Waals surface area contributed by atoms with Crippen LogP contribution in [0, 0.1) is 0 Å². The van der Waals surface area contributed by atoms with Gasteiger partial charge in [0.2, 0.25) is 0 Å². The number of thioether (sulfide) groups is 1. The molecule has 0 unspecified atom stereocenters. The summed E-state index contributed by atoms with van der Waals surface area (Å²) in [6.45, 7) is 1.46. The van der Waals surface area contributed by atoms with Crippen LogP contribution in [0.5, 0.6) is 5.75 Å². The summed E-state index contributed by atoms with van der Waals surface area (Å²) < 4.78 is 12.8. The molecule has 3 rings (SSSR count). The molecule has 7 heteroatoms. The van der Waals surface area contributed by atoms with E-state index in [1.54, 1.807) is 32.2 Å². The average molecular weight is 370 g/mol. The summed E-state index contributed by atoms with van der Waals surface area (Å²) in [5, 5.41) is 9.72. The number of aromatic nitrogens is 4. The van der Waals surface area contributed by atoms with Crippen LogP contribution in [0.2, 0.25) is 0 Å². The van der Waals surface area contributed by atoms with Crippen molar-refractivity contribution in [3.63, 3.8) is 0 Å². The van der Waals surface area contributed by atoms with Crippen molar-refractivity contribution >= 4 is 11.8 Å². The van der Waals surface area contributed by atoms with Gasteiger partial charge in [-0.05, 0) is 30.7 Å². The van der Waals surface area contributed by atoms with E-state index in [1.165, 1.54) is 0 Å². The fourth-order valence-electron chi connectivity index (χ4n) is 2.61. The summed E-state index contributed by atoms with van der Waals surface area (Å²) in [6, 6.07) is 13.8. The van der Waals surface area contributed by atoms with Gasteiger partial charge in [0.25, 0.3) is 0 Å². The van der Waals surface area contributed by atoms with Gasteiger partial charge in [-0.2, -0.15) is 0 Å². The summed E-state index contributed by atoms with van der Waals surface area (Å²) in [6.07, 6.45) is 2.69. The summed E-state index contributed by atoms with van der Waals surface area (Å²) >= 11 is 1.63. The molecule has 0 bridgehead atoms. The number of nitrogens with zero attached hydrogens (tertiary/aromatic N) is 4. The van der Waals surface area contributed by atoms with E-state index in [4.69, 9.17) is 9.47 Å². The normalized spacial score (nSPS) is 10.8. The first-order valence-corrected chi connectivity index (χ1v) is 9.40. The topological polar surface area (TPSA) is 62.1 Å². The highest BCUT2D eigenvalue weighted by Gasteiger charge is 2.17. The molecule has 0 radical (unpaired) electrons. The van der Waals surface area contributed by atoms with Crippen molar-refractivity contribution < 1.29 is 9.47 Å². The van der Waals surface area contributed by atoms with Crippen LogP contribution in [-0.2, 0) is 17.0 Å². The van der Waals surface area contributed by atoms with Gasteiger partial charge in [-0.25, -0.2) is 0 Å². The fourth-order valence-corrected chi connectivity index (χ4v) is 3.49. The van der Waals surface area contributed by atoms with Crippen molar-refractivity contribution in [2.45, 2.75) is 23.9 Å². The third-order valence-corrected chi connectivity index (χ3v) is 4.87. The summed E-state index contributed by atoms with van der Waals surface area (Å²) in [4.78, 5) is 4.37. The lowest BCUT2D eigenvalue weighted by Gasteiger charge is -2.12. The lowest BCUT2D eigenvalue weighted by atomic mass is 10.2. The summed E-state index contributed by atoms with van der Waals surface area (Å²) in [7, 11) is 3.38. The zero-order valence-corrected chi connectivity index (χ0v) is 15.8. The van der Waals surface area contributed by atoms with Crippen molar-refractivity contribution in [2.24, 2.45) is 0 Å². The monoisotopic (exact) mass is 370 g/mol. The largest absolute Gasteiger partial charge is 0.496 e. The maximum Gasteiger partial charge on any atom is 0.191 e. The molecule has 0 aliphatic heterocycles. The van der Waals surface area contributed by atoms with Crippen LogP contribution in [0.1, 0.15) is 12.1 Å². The standard InChI is InChI=1S/C19H22N4O2S/c1-24-13-7-12-23-18(16-9-3-4-10-17(16)25-2)21-22-19(23)26-14-15-8-5-6-11-20-15/h3-6,8-11H,7,12-14H2,1-2H3. The first kappa shape index (κ1) is 18.4. The number of benzene rings is 1. The highest BCUT2D eigenvalue weighted by atomic mass is 32.2. The van der Waals surface area contributed by atoms with Crippen LogP contribution < -0.4 is 4.74 Å². The number of rotatable bonds is 9. The Morgan fingerprint density at radius 3 is 2.65 bits per heavy atom. The first-order valence-electron chi connectivity index (χ1n) is 8.41. The van der Waals surface area contributed by atoms with Crippen LogP contribution in [0.4, 0.5) is 0 Å². The Kier molecular flexibility index (Phi) is 6.62. The van der Waals surface area contributed by atoms with Crippen LogP contribution in [0.25, 0.3) is 11.4 Å². The molecule has 0 amide bonds. The second kappa shape index (κ2) is 9.35. The molecule has 2 aromatic heterocycles. The Morgan fingerprint density at radius 2 is 1.88 bits per heavy atom. The van der Waals surface area contributed by atoms with Gasteiger partial charge >= 0.3 is 0 Å². The minimum Gasteiger partial charge on any atom is -0.496 e. The molecular weight excluding hydrogens is 348 g/mol. The Morgan fingerprint density at radius 1 is 1.04 bits per heavy atom. The number of hydrogen-bond donors (Lipinski definition) is 0. The SMILES string of the molecule is COCCCn1c(SCc2ccccn2)nnc1-c1ccccc1OC. The third-order valence-electron chi connectivity index (χ3n) is 3.87. The molecule has 3 aromatic rings. The molecule has 0 fully saturated rings. The van der Waals surface area contributed by atoms with Crippen LogP contribution in [-0.4, -0.2) is 40.6 Å². The van der Waals surface area contributed by atoms with Crippen molar-refractivity contribution in [2.75, 3.05) is 20.8 Å². The number of ether oxygens (including phenoxy) is 2. The highest BCUT2D eigenvalue weighted by Crippen LogP contribution is 2.31. The minimum atomic E-state index is 0.688. The van der Waals surface area contributed by atoms with Crippen molar-refractivity contribution in [3.8, 4) is 17.1 Å². The molecule has 0 saturated carbocycles. The molecule has 0 spiro atoms. The van der Waals surface area contributed by atoms with Gasteiger partial charge in [-0.15, -0.1) is 10.2 Å². The van der Waals surface area contributed by atoms with Gasteiger partial charge in [0.1, 0.15) is 5.75 Å². The maximum absolute atomic E-state index is 5.50. The van der Waals surface area contributed by atoms with Gasteiger partial charge in [0, 0.05) is 32.2 Å². The third kappa shape index (κ3) is 4.42. The Balaban J connectivity index is 1.88. The quantitative estimate of drug-likeness (QED) is 0.423. The molecule has 2 heterocycles. The number of hydrogen-bond acceptors (Lipinski definition) is 6. The van der Waals surface area contributed by atoms with Gasteiger partial charge in [0.15, 0.2) is 11.0 Å². The fraction of sp³-hybridized carbons (Fsp3) is 0.316. The van der Waals surface area contributed by atoms with E-state index in [0.29, 0.717) is 6.61 Å². The molecule has 0 aliphatic rings. The van der Waals surface area contributed by atoms with E-state index in [2.05, 4.69) is 19.7 Å². The number of para-hydroxylation sites is 1. The van der Waals surface area contributed by atoms with E-state index in [0.717, 1.165) is 46.7 Å². The lowest BCUT2D eigenvalue weighted by molar-refractivity contribution is 0.189. The first-order chi connectivity index (χ1) is 12.8. The summed E-state index contributed by atoms with van der Waals surface area (Å²) in [5.41, 5.74) is 1.95.